The van der Waals surface area contributed by atoms with Gasteiger partial charge in [-0.05, 0) is 87.4 Å². The Morgan fingerprint density at radius 3 is 2.07 bits per heavy atom. The number of halogens is 3. The Hall–Kier alpha value is -2.79. The maximum Gasteiger partial charge on any atom is 0.264 e. The summed E-state index contributed by atoms with van der Waals surface area (Å²) in [5.74, 6) is -0.394. The van der Waals surface area contributed by atoms with E-state index in [1.165, 1.54) is 17.0 Å². The lowest BCUT2D eigenvalue weighted by atomic mass is 10.1. The highest BCUT2D eigenvalue weighted by Gasteiger charge is 2.34. The summed E-state index contributed by atoms with van der Waals surface area (Å²) in [6.45, 7) is 7.22. The van der Waals surface area contributed by atoms with Crippen LogP contribution < -0.4 is 14.4 Å². The molecule has 0 radical (unpaired) electrons. The van der Waals surface area contributed by atoms with Crippen LogP contribution in [0.15, 0.2) is 76.1 Å². The van der Waals surface area contributed by atoms with Crippen molar-refractivity contribution in [3.8, 4) is 5.75 Å². The van der Waals surface area contributed by atoms with Crippen LogP contribution in [0.4, 0.5) is 5.69 Å². The molecule has 0 heterocycles. The topological polar surface area (TPSA) is 96.0 Å². The molecule has 0 spiro atoms. The van der Waals surface area contributed by atoms with E-state index < -0.39 is 28.5 Å². The number of nitrogens with one attached hydrogen (secondary N) is 1. The number of hydrogen-bond donors (Lipinski definition) is 1. The second kappa shape index (κ2) is 15.8. The quantitative estimate of drug-likeness (QED) is 0.193. The number of anilines is 1. The van der Waals surface area contributed by atoms with Gasteiger partial charge in [-0.1, -0.05) is 59.0 Å². The smallest absolute Gasteiger partial charge is 0.264 e. The van der Waals surface area contributed by atoms with Gasteiger partial charge in [0.2, 0.25) is 11.8 Å². The number of sulfonamides is 1. The molecule has 2 atom stereocenters. The van der Waals surface area contributed by atoms with Gasteiger partial charge in [0.25, 0.3) is 10.0 Å². The second-order valence-corrected chi connectivity index (χ2v) is 13.4. The second-order valence-electron chi connectivity index (χ2n) is 9.86. The maximum atomic E-state index is 14.2. The average molecular weight is 714 g/mol. The van der Waals surface area contributed by atoms with Crippen LogP contribution in [-0.4, -0.2) is 50.4 Å². The van der Waals surface area contributed by atoms with Crippen molar-refractivity contribution >= 4 is 66.7 Å². The molecule has 0 unspecified atom stereocenters. The van der Waals surface area contributed by atoms with E-state index in [-0.39, 0.29) is 35.5 Å². The number of rotatable bonds is 14. The fourth-order valence-corrected chi connectivity index (χ4v) is 6.55. The van der Waals surface area contributed by atoms with Gasteiger partial charge in [-0.15, -0.1) is 0 Å². The van der Waals surface area contributed by atoms with E-state index in [1.54, 1.807) is 61.5 Å². The van der Waals surface area contributed by atoms with Crippen LogP contribution >= 0.6 is 39.1 Å². The van der Waals surface area contributed by atoms with Gasteiger partial charge >= 0.3 is 0 Å². The standard InChI is InChI=1S/C31H36BrCl2N3O5S/c1-5-21(4)35-31(39)29(6-2)36(19-26-27(33)9-8-10-28(26)34)30(38)20-37(23-13-15-24(16-14-23)42-7-3)43(40,41)25-17-11-22(32)12-18-25/h8-18,21,29H,5-7,19-20H2,1-4H3,(H,35,39)/t21-,29+/m0/s1. The van der Waals surface area contributed by atoms with Crippen LogP contribution in [-0.2, 0) is 26.2 Å². The first-order valence-electron chi connectivity index (χ1n) is 14.0. The summed E-state index contributed by atoms with van der Waals surface area (Å²) in [6, 6.07) is 16.5. The monoisotopic (exact) mass is 711 g/mol. The van der Waals surface area contributed by atoms with E-state index in [0.717, 1.165) is 4.31 Å². The highest BCUT2D eigenvalue weighted by atomic mass is 79.9. The third-order valence-electron chi connectivity index (χ3n) is 6.89. The zero-order chi connectivity index (χ0) is 31.7. The summed E-state index contributed by atoms with van der Waals surface area (Å²) >= 11 is 16.3. The molecule has 0 aliphatic rings. The molecule has 0 saturated heterocycles. The lowest BCUT2D eigenvalue weighted by Crippen LogP contribution is -2.53. The molecule has 0 aliphatic heterocycles. The first-order chi connectivity index (χ1) is 20.4. The summed E-state index contributed by atoms with van der Waals surface area (Å²) in [5, 5.41) is 3.60. The van der Waals surface area contributed by atoms with Crippen LogP contribution in [0.3, 0.4) is 0 Å². The molecule has 1 N–H and O–H groups in total. The van der Waals surface area contributed by atoms with Gasteiger partial charge in [-0.2, -0.15) is 0 Å². The number of amides is 2. The normalized spacial score (nSPS) is 12.7. The van der Waals surface area contributed by atoms with Gasteiger partial charge in [0.05, 0.1) is 17.2 Å². The maximum absolute atomic E-state index is 14.2. The Balaban J connectivity index is 2.10. The van der Waals surface area contributed by atoms with Crippen molar-refractivity contribution in [3.63, 3.8) is 0 Å². The molecule has 3 rings (SSSR count). The molecule has 3 aromatic carbocycles. The van der Waals surface area contributed by atoms with Crippen LogP contribution in [0.1, 0.15) is 46.1 Å². The van der Waals surface area contributed by atoms with Gasteiger partial charge in [0.15, 0.2) is 0 Å². The Morgan fingerprint density at radius 1 is 0.930 bits per heavy atom. The van der Waals surface area contributed by atoms with Crippen molar-refractivity contribution in [3.05, 3.63) is 86.8 Å². The molecule has 0 aromatic heterocycles. The first-order valence-corrected chi connectivity index (χ1v) is 17.0. The van der Waals surface area contributed by atoms with Crippen molar-refractivity contribution in [1.29, 1.82) is 0 Å². The Bertz CT molecular complexity index is 1480. The molecule has 43 heavy (non-hydrogen) atoms. The van der Waals surface area contributed by atoms with E-state index in [2.05, 4.69) is 21.2 Å². The number of carbonyl (C=O) groups excluding carboxylic acids is 2. The Morgan fingerprint density at radius 2 is 1.53 bits per heavy atom. The average Bonchev–Trinajstić information content (AvgIpc) is 2.97. The van der Waals surface area contributed by atoms with Crippen LogP contribution in [0.2, 0.25) is 10.0 Å². The van der Waals surface area contributed by atoms with Crippen molar-refractivity contribution in [2.75, 3.05) is 17.5 Å². The van der Waals surface area contributed by atoms with Gasteiger partial charge in [-0.25, -0.2) is 8.42 Å². The summed E-state index contributed by atoms with van der Waals surface area (Å²) in [4.78, 5) is 29.0. The molecule has 0 bridgehead atoms. The minimum absolute atomic E-state index is 0.000335. The van der Waals surface area contributed by atoms with Crippen LogP contribution in [0.25, 0.3) is 0 Å². The lowest BCUT2D eigenvalue weighted by Gasteiger charge is -2.34. The van der Waals surface area contributed by atoms with Gasteiger partial charge in [0.1, 0.15) is 18.3 Å². The summed E-state index contributed by atoms with van der Waals surface area (Å²) in [5.41, 5.74) is 0.713. The van der Waals surface area contributed by atoms with E-state index in [1.807, 2.05) is 20.8 Å². The lowest BCUT2D eigenvalue weighted by molar-refractivity contribution is -0.140. The predicted octanol–water partition coefficient (Wildman–Crippen LogP) is 7.07. The van der Waals surface area contributed by atoms with Gasteiger partial charge < -0.3 is 15.0 Å². The molecule has 0 fully saturated rings. The van der Waals surface area contributed by atoms with Crippen molar-refractivity contribution in [2.45, 2.75) is 64.1 Å². The van der Waals surface area contributed by atoms with E-state index in [4.69, 9.17) is 27.9 Å². The van der Waals surface area contributed by atoms with Gasteiger partial charge in [0, 0.05) is 32.7 Å². The molecule has 232 valence electrons. The summed E-state index contributed by atoms with van der Waals surface area (Å²) in [7, 11) is -4.22. The molecular weight excluding hydrogens is 677 g/mol. The molecule has 0 saturated carbocycles. The first kappa shape index (κ1) is 34.7. The predicted molar refractivity (Wildman–Crippen MR) is 175 cm³/mol. The fourth-order valence-electron chi connectivity index (χ4n) is 4.35. The molecule has 2 amide bonds. The molecule has 0 aliphatic carbocycles. The van der Waals surface area contributed by atoms with Crippen molar-refractivity contribution in [1.82, 2.24) is 10.2 Å². The number of nitrogens with zero attached hydrogens (tertiary/aromatic N) is 2. The minimum atomic E-state index is -4.22. The fraction of sp³-hybridized carbons (Fsp3) is 0.355. The Labute approximate surface area is 272 Å². The third-order valence-corrected chi connectivity index (χ3v) is 9.92. The highest BCUT2D eigenvalue weighted by molar-refractivity contribution is 9.10. The largest absolute Gasteiger partial charge is 0.494 e. The zero-order valence-electron chi connectivity index (χ0n) is 24.5. The number of carbonyl (C=O) groups is 2. The highest BCUT2D eigenvalue weighted by Crippen LogP contribution is 2.30. The zero-order valence-corrected chi connectivity index (χ0v) is 28.4. The summed E-state index contributed by atoms with van der Waals surface area (Å²) in [6.07, 6.45) is 0.974. The number of benzene rings is 3. The van der Waals surface area contributed by atoms with Gasteiger partial charge in [-0.3, -0.25) is 13.9 Å². The summed E-state index contributed by atoms with van der Waals surface area (Å²) < 4.78 is 35.3. The van der Waals surface area contributed by atoms with E-state index >= 15 is 0 Å². The van der Waals surface area contributed by atoms with Crippen molar-refractivity contribution < 1.29 is 22.7 Å². The molecule has 3 aromatic rings. The van der Waals surface area contributed by atoms with Crippen molar-refractivity contribution in [2.24, 2.45) is 0 Å². The minimum Gasteiger partial charge on any atom is -0.494 e. The number of ether oxygens (including phenoxy) is 1. The Kier molecular flexibility index (Phi) is 12.7. The van der Waals surface area contributed by atoms with E-state index in [0.29, 0.717) is 38.9 Å². The van der Waals surface area contributed by atoms with Crippen LogP contribution in [0.5, 0.6) is 5.75 Å². The third kappa shape index (κ3) is 8.88. The van der Waals surface area contributed by atoms with Crippen LogP contribution in [0, 0.1) is 0 Å². The van der Waals surface area contributed by atoms with E-state index in [9.17, 15) is 18.0 Å². The number of hydrogen-bond acceptors (Lipinski definition) is 5. The molecule has 12 heteroatoms. The SMILES string of the molecule is CCOc1ccc(N(CC(=O)N(Cc2c(Cl)cccc2Cl)[C@H](CC)C(=O)N[C@@H](C)CC)S(=O)(=O)c2ccc(Br)cc2)cc1. The molecule has 8 nitrogen and oxygen atoms in total. The molecular formula is C31H36BrCl2N3O5S.